The van der Waals surface area contributed by atoms with Gasteiger partial charge in [0.25, 0.3) is 0 Å². The van der Waals surface area contributed by atoms with Crippen LogP contribution in [0.3, 0.4) is 0 Å². The third-order valence-corrected chi connectivity index (χ3v) is 3.20. The van der Waals surface area contributed by atoms with Crippen molar-refractivity contribution in [2.24, 2.45) is 0 Å². The summed E-state index contributed by atoms with van der Waals surface area (Å²) in [7, 11) is 0. The SMILES string of the molecule is CC(=O)c1ccc(Cl)c(-c2cccc(C(F)(F)F)c2)c1. The normalized spacial score (nSPS) is 11.4. The highest BCUT2D eigenvalue weighted by molar-refractivity contribution is 6.33. The van der Waals surface area contributed by atoms with Crippen LogP contribution in [0.4, 0.5) is 13.2 Å². The summed E-state index contributed by atoms with van der Waals surface area (Å²) in [4.78, 5) is 11.3. The fourth-order valence-electron chi connectivity index (χ4n) is 1.83. The number of rotatable bonds is 2. The minimum atomic E-state index is -4.42. The molecular formula is C15H10ClF3O. The first-order valence-corrected chi connectivity index (χ1v) is 6.15. The van der Waals surface area contributed by atoms with Crippen molar-refractivity contribution < 1.29 is 18.0 Å². The average molecular weight is 299 g/mol. The summed E-state index contributed by atoms with van der Waals surface area (Å²) in [6.45, 7) is 1.39. The van der Waals surface area contributed by atoms with Gasteiger partial charge in [-0.2, -0.15) is 13.2 Å². The standard InChI is InChI=1S/C15H10ClF3O/c1-9(20)10-5-6-14(16)13(8-10)11-3-2-4-12(7-11)15(17,18)19/h2-8H,1H3. The second kappa shape index (κ2) is 5.29. The van der Waals surface area contributed by atoms with Crippen molar-refractivity contribution in [2.45, 2.75) is 13.1 Å². The molecule has 0 bridgehead atoms. The monoisotopic (exact) mass is 298 g/mol. The summed E-state index contributed by atoms with van der Waals surface area (Å²) in [6, 6.07) is 9.41. The molecule has 2 rings (SSSR count). The summed E-state index contributed by atoms with van der Waals surface area (Å²) >= 11 is 6.01. The van der Waals surface area contributed by atoms with Gasteiger partial charge in [0.15, 0.2) is 5.78 Å². The number of hydrogen-bond donors (Lipinski definition) is 0. The lowest BCUT2D eigenvalue weighted by molar-refractivity contribution is -0.137. The Morgan fingerprint density at radius 2 is 1.80 bits per heavy atom. The third kappa shape index (κ3) is 3.02. The molecule has 104 valence electrons. The Bertz CT molecular complexity index is 662. The lowest BCUT2D eigenvalue weighted by Crippen LogP contribution is -2.04. The van der Waals surface area contributed by atoms with Gasteiger partial charge in [-0.25, -0.2) is 0 Å². The van der Waals surface area contributed by atoms with Gasteiger partial charge in [0.2, 0.25) is 0 Å². The maximum absolute atomic E-state index is 12.7. The van der Waals surface area contributed by atoms with Gasteiger partial charge in [-0.1, -0.05) is 23.7 Å². The zero-order valence-corrected chi connectivity index (χ0v) is 11.2. The molecule has 0 fully saturated rings. The molecule has 0 saturated heterocycles. The van der Waals surface area contributed by atoms with Gasteiger partial charge in [-0.15, -0.1) is 0 Å². The molecule has 0 N–H and O–H groups in total. The number of carbonyl (C=O) groups is 1. The van der Waals surface area contributed by atoms with Crippen molar-refractivity contribution >= 4 is 17.4 Å². The van der Waals surface area contributed by atoms with Gasteiger partial charge >= 0.3 is 6.18 Å². The molecule has 0 aliphatic rings. The third-order valence-electron chi connectivity index (χ3n) is 2.87. The van der Waals surface area contributed by atoms with Crippen LogP contribution in [0, 0.1) is 0 Å². The van der Waals surface area contributed by atoms with Gasteiger partial charge in [-0.05, 0) is 42.8 Å². The van der Waals surface area contributed by atoms with E-state index in [1.807, 2.05) is 0 Å². The van der Waals surface area contributed by atoms with E-state index in [-0.39, 0.29) is 5.78 Å². The van der Waals surface area contributed by atoms with Crippen LogP contribution in [0.15, 0.2) is 42.5 Å². The van der Waals surface area contributed by atoms with Crippen LogP contribution in [-0.4, -0.2) is 5.78 Å². The Labute approximate surface area is 119 Å². The second-order valence-electron chi connectivity index (χ2n) is 4.33. The zero-order valence-electron chi connectivity index (χ0n) is 10.5. The first-order chi connectivity index (χ1) is 9.29. The summed E-state index contributed by atoms with van der Waals surface area (Å²) in [5, 5.41) is 0.300. The molecule has 20 heavy (non-hydrogen) atoms. The lowest BCUT2D eigenvalue weighted by Gasteiger charge is -2.10. The van der Waals surface area contributed by atoms with E-state index >= 15 is 0 Å². The van der Waals surface area contributed by atoms with Crippen LogP contribution >= 0.6 is 11.6 Å². The molecule has 0 radical (unpaired) electrons. The number of halogens is 4. The zero-order chi connectivity index (χ0) is 14.9. The van der Waals surface area contributed by atoms with E-state index in [1.54, 1.807) is 6.07 Å². The fourth-order valence-corrected chi connectivity index (χ4v) is 2.06. The molecule has 0 aliphatic carbocycles. The van der Waals surface area contributed by atoms with Gasteiger partial charge in [-0.3, -0.25) is 4.79 Å². The lowest BCUT2D eigenvalue weighted by atomic mass is 9.99. The molecule has 0 aliphatic heterocycles. The van der Waals surface area contributed by atoms with Crippen molar-refractivity contribution in [1.82, 2.24) is 0 Å². The quantitative estimate of drug-likeness (QED) is 0.694. The van der Waals surface area contributed by atoms with Crippen molar-refractivity contribution in [1.29, 1.82) is 0 Å². The van der Waals surface area contributed by atoms with Crippen molar-refractivity contribution in [3.8, 4) is 11.1 Å². The van der Waals surface area contributed by atoms with Gasteiger partial charge in [0.05, 0.1) is 5.56 Å². The second-order valence-corrected chi connectivity index (χ2v) is 4.74. The largest absolute Gasteiger partial charge is 0.416 e. The highest BCUT2D eigenvalue weighted by Crippen LogP contribution is 2.34. The minimum absolute atomic E-state index is 0.171. The van der Waals surface area contributed by atoms with Crippen LogP contribution < -0.4 is 0 Å². The molecule has 0 unspecified atom stereocenters. The predicted octanol–water partition coefficient (Wildman–Crippen LogP) is 5.23. The molecule has 0 spiro atoms. The predicted molar refractivity (Wildman–Crippen MR) is 71.9 cm³/mol. The van der Waals surface area contributed by atoms with Gasteiger partial charge in [0.1, 0.15) is 0 Å². The number of Topliss-reactive ketones (excluding diaryl/α,β-unsaturated/α-hetero) is 1. The molecule has 0 saturated carbocycles. The van der Waals surface area contributed by atoms with Crippen molar-refractivity contribution in [3.05, 3.63) is 58.6 Å². The Kier molecular flexibility index (Phi) is 3.86. The minimum Gasteiger partial charge on any atom is -0.295 e. The van der Waals surface area contributed by atoms with E-state index in [0.29, 0.717) is 21.7 Å². The summed E-state index contributed by atoms with van der Waals surface area (Å²) < 4.78 is 38.1. The molecule has 2 aromatic carbocycles. The first-order valence-electron chi connectivity index (χ1n) is 5.77. The van der Waals surface area contributed by atoms with E-state index in [0.717, 1.165) is 12.1 Å². The molecular weight excluding hydrogens is 289 g/mol. The smallest absolute Gasteiger partial charge is 0.295 e. The number of alkyl halides is 3. The Morgan fingerprint density at radius 3 is 2.40 bits per heavy atom. The highest BCUT2D eigenvalue weighted by atomic mass is 35.5. The first kappa shape index (κ1) is 14.6. The van der Waals surface area contributed by atoms with Gasteiger partial charge in [0, 0.05) is 16.1 Å². The average Bonchev–Trinajstić information content (AvgIpc) is 2.38. The van der Waals surface area contributed by atoms with E-state index < -0.39 is 11.7 Å². The molecule has 0 atom stereocenters. The van der Waals surface area contributed by atoms with Crippen molar-refractivity contribution in [3.63, 3.8) is 0 Å². The summed E-state index contributed by atoms with van der Waals surface area (Å²) in [5.74, 6) is -0.171. The summed E-state index contributed by atoms with van der Waals surface area (Å²) in [6.07, 6.45) is -4.42. The Balaban J connectivity index is 2.57. The maximum atomic E-state index is 12.7. The highest BCUT2D eigenvalue weighted by Gasteiger charge is 2.30. The molecule has 1 nitrogen and oxygen atoms in total. The molecule has 0 amide bonds. The number of carbonyl (C=O) groups excluding carboxylic acids is 1. The topological polar surface area (TPSA) is 17.1 Å². The van der Waals surface area contributed by atoms with Crippen LogP contribution in [-0.2, 0) is 6.18 Å². The van der Waals surface area contributed by atoms with Crippen LogP contribution in [0.1, 0.15) is 22.8 Å². The van der Waals surface area contributed by atoms with Crippen LogP contribution in [0.2, 0.25) is 5.02 Å². The molecule has 0 heterocycles. The van der Waals surface area contributed by atoms with E-state index in [9.17, 15) is 18.0 Å². The Morgan fingerprint density at radius 1 is 1.10 bits per heavy atom. The van der Waals surface area contributed by atoms with E-state index in [4.69, 9.17) is 11.6 Å². The Hall–Kier alpha value is -1.81. The van der Waals surface area contributed by atoms with E-state index in [2.05, 4.69) is 0 Å². The number of benzene rings is 2. The number of hydrogen-bond acceptors (Lipinski definition) is 1. The van der Waals surface area contributed by atoms with Gasteiger partial charge < -0.3 is 0 Å². The van der Waals surface area contributed by atoms with Crippen LogP contribution in [0.5, 0.6) is 0 Å². The number of ketones is 1. The van der Waals surface area contributed by atoms with E-state index in [1.165, 1.54) is 31.2 Å². The maximum Gasteiger partial charge on any atom is 0.416 e. The molecule has 0 aromatic heterocycles. The summed E-state index contributed by atoms with van der Waals surface area (Å²) in [5.41, 5.74) is 0.388. The molecule has 2 aromatic rings. The van der Waals surface area contributed by atoms with Crippen molar-refractivity contribution in [2.75, 3.05) is 0 Å². The fraction of sp³-hybridized carbons (Fsp3) is 0.133. The molecule has 5 heteroatoms. The van der Waals surface area contributed by atoms with Crippen LogP contribution in [0.25, 0.3) is 11.1 Å².